The van der Waals surface area contributed by atoms with Gasteiger partial charge in [-0.05, 0) is 20.0 Å². The first-order valence-electron chi connectivity index (χ1n) is 4.70. The van der Waals surface area contributed by atoms with Crippen molar-refractivity contribution in [3.63, 3.8) is 0 Å². The highest BCUT2D eigenvalue weighted by Gasteiger charge is 2.03. The molecule has 0 aliphatic heterocycles. The van der Waals surface area contributed by atoms with Crippen LogP contribution in [-0.4, -0.2) is 33.2 Å². The topological polar surface area (TPSA) is 55.1 Å². The van der Waals surface area contributed by atoms with E-state index in [-0.39, 0.29) is 0 Å². The largest absolute Gasteiger partial charge is 0.320 e. The molecule has 0 saturated heterocycles. The van der Waals surface area contributed by atoms with E-state index in [1.807, 2.05) is 17.5 Å². The molecule has 0 radical (unpaired) electrons. The molecule has 2 aromatic rings. The summed E-state index contributed by atoms with van der Waals surface area (Å²) in [5.41, 5.74) is 0.861. The fourth-order valence-corrected chi connectivity index (χ4v) is 1.39. The van der Waals surface area contributed by atoms with Crippen molar-refractivity contribution in [2.24, 2.45) is 0 Å². The van der Waals surface area contributed by atoms with Gasteiger partial charge in [-0.25, -0.2) is 4.98 Å². The van der Waals surface area contributed by atoms with Crippen LogP contribution in [0.1, 0.15) is 12.2 Å². The second-order valence-corrected chi connectivity index (χ2v) is 3.13. The molecule has 0 bridgehead atoms. The number of rotatable bonds is 4. The molecule has 0 aliphatic carbocycles. The highest BCUT2D eigenvalue weighted by molar-refractivity contribution is 5.35. The molecule has 0 atom stereocenters. The lowest BCUT2D eigenvalue weighted by atomic mass is 10.3. The lowest BCUT2D eigenvalue weighted by Crippen LogP contribution is -2.09. The summed E-state index contributed by atoms with van der Waals surface area (Å²) in [4.78, 5) is 4.04. The highest BCUT2D eigenvalue weighted by atomic mass is 15.3. The molecule has 0 saturated carbocycles. The second kappa shape index (κ2) is 4.15. The van der Waals surface area contributed by atoms with Gasteiger partial charge in [-0.3, -0.25) is 4.40 Å². The summed E-state index contributed by atoms with van der Waals surface area (Å²) in [6, 6.07) is 1.86. The maximum atomic E-state index is 4.11. The van der Waals surface area contributed by atoms with Crippen molar-refractivity contribution >= 4 is 5.65 Å². The summed E-state index contributed by atoms with van der Waals surface area (Å²) >= 11 is 0. The Morgan fingerprint density at radius 1 is 1.43 bits per heavy atom. The third kappa shape index (κ3) is 1.72. The molecule has 0 aliphatic rings. The van der Waals surface area contributed by atoms with E-state index in [2.05, 4.69) is 20.5 Å². The summed E-state index contributed by atoms with van der Waals surface area (Å²) in [6.07, 6.45) is 5.46. The predicted molar refractivity (Wildman–Crippen MR) is 53.0 cm³/mol. The zero-order valence-corrected chi connectivity index (χ0v) is 8.14. The summed E-state index contributed by atoms with van der Waals surface area (Å²) in [5, 5.41) is 11.3. The normalized spacial score (nSPS) is 10.9. The molecule has 1 N–H and O–H groups in total. The van der Waals surface area contributed by atoms with Gasteiger partial charge in [-0.2, -0.15) is 0 Å². The van der Waals surface area contributed by atoms with Crippen LogP contribution in [-0.2, 0) is 6.42 Å². The first-order chi connectivity index (χ1) is 6.92. The van der Waals surface area contributed by atoms with Crippen LogP contribution in [0.5, 0.6) is 0 Å². The monoisotopic (exact) mass is 191 g/mol. The van der Waals surface area contributed by atoms with Crippen LogP contribution in [0.3, 0.4) is 0 Å². The van der Waals surface area contributed by atoms with E-state index in [9.17, 15) is 0 Å². The zero-order valence-electron chi connectivity index (χ0n) is 8.14. The van der Waals surface area contributed by atoms with Crippen LogP contribution >= 0.6 is 0 Å². The minimum absolute atomic E-state index is 0.861. The minimum atomic E-state index is 0.861. The standard InChI is InChI=1S/C9H13N5/c1-10-5-2-3-8-12-13-9-4-6-11-7-14(8)9/h4,6-7,10H,2-3,5H2,1H3. The number of fused-ring (bicyclic) bond motifs is 1. The van der Waals surface area contributed by atoms with Crippen LogP contribution < -0.4 is 5.32 Å². The average Bonchev–Trinajstić information content (AvgIpc) is 2.63. The number of hydrogen-bond acceptors (Lipinski definition) is 4. The van der Waals surface area contributed by atoms with E-state index < -0.39 is 0 Å². The van der Waals surface area contributed by atoms with Crippen molar-refractivity contribution in [2.75, 3.05) is 13.6 Å². The predicted octanol–water partition coefficient (Wildman–Crippen LogP) is 0.276. The van der Waals surface area contributed by atoms with Gasteiger partial charge in [0.05, 0.1) is 0 Å². The molecule has 74 valence electrons. The molecule has 2 rings (SSSR count). The zero-order chi connectivity index (χ0) is 9.80. The molecule has 0 spiro atoms. The van der Waals surface area contributed by atoms with Gasteiger partial charge >= 0.3 is 0 Å². The van der Waals surface area contributed by atoms with Gasteiger partial charge in [0, 0.05) is 18.7 Å². The molecule has 5 nitrogen and oxygen atoms in total. The Labute approximate surface area is 82.2 Å². The van der Waals surface area contributed by atoms with Crippen molar-refractivity contribution in [3.05, 3.63) is 24.4 Å². The Morgan fingerprint density at radius 3 is 3.21 bits per heavy atom. The summed E-state index contributed by atoms with van der Waals surface area (Å²) in [7, 11) is 1.95. The average molecular weight is 191 g/mol. The number of aromatic nitrogens is 4. The van der Waals surface area contributed by atoms with Gasteiger partial charge in [-0.1, -0.05) is 0 Å². The molecule has 14 heavy (non-hydrogen) atoms. The van der Waals surface area contributed by atoms with Crippen LogP contribution in [0.25, 0.3) is 5.65 Å². The van der Waals surface area contributed by atoms with Crippen LogP contribution in [0.2, 0.25) is 0 Å². The van der Waals surface area contributed by atoms with Crippen molar-refractivity contribution < 1.29 is 0 Å². The Kier molecular flexibility index (Phi) is 2.69. The van der Waals surface area contributed by atoms with Gasteiger partial charge in [0.2, 0.25) is 0 Å². The number of aryl methyl sites for hydroxylation is 1. The molecule has 5 heteroatoms. The second-order valence-electron chi connectivity index (χ2n) is 3.13. The molecular weight excluding hydrogens is 178 g/mol. The van der Waals surface area contributed by atoms with Crippen molar-refractivity contribution in [1.29, 1.82) is 0 Å². The van der Waals surface area contributed by atoms with E-state index in [1.165, 1.54) is 0 Å². The lowest BCUT2D eigenvalue weighted by Gasteiger charge is -1.98. The first kappa shape index (κ1) is 9.08. The highest BCUT2D eigenvalue weighted by Crippen LogP contribution is 2.02. The van der Waals surface area contributed by atoms with Crippen molar-refractivity contribution in [2.45, 2.75) is 12.8 Å². The number of nitrogens with zero attached hydrogens (tertiary/aromatic N) is 4. The van der Waals surface area contributed by atoms with E-state index >= 15 is 0 Å². The van der Waals surface area contributed by atoms with E-state index in [0.29, 0.717) is 0 Å². The van der Waals surface area contributed by atoms with E-state index in [4.69, 9.17) is 0 Å². The summed E-state index contributed by atoms with van der Waals surface area (Å²) in [5.74, 6) is 0.975. The smallest absolute Gasteiger partial charge is 0.163 e. The Bertz CT molecular complexity index is 408. The van der Waals surface area contributed by atoms with E-state index in [0.717, 1.165) is 30.9 Å². The van der Waals surface area contributed by atoms with Gasteiger partial charge in [0.1, 0.15) is 12.2 Å². The van der Waals surface area contributed by atoms with Gasteiger partial charge in [0.15, 0.2) is 5.65 Å². The Hall–Kier alpha value is -1.49. The number of nitrogens with one attached hydrogen (secondary N) is 1. The van der Waals surface area contributed by atoms with Crippen molar-refractivity contribution in [1.82, 2.24) is 24.9 Å². The van der Waals surface area contributed by atoms with Crippen LogP contribution in [0.4, 0.5) is 0 Å². The third-order valence-electron chi connectivity index (χ3n) is 2.11. The Balaban J connectivity index is 2.17. The van der Waals surface area contributed by atoms with Gasteiger partial charge in [-0.15, -0.1) is 10.2 Å². The molecule has 0 fully saturated rings. The molecule has 0 amide bonds. The van der Waals surface area contributed by atoms with Crippen LogP contribution in [0, 0.1) is 0 Å². The van der Waals surface area contributed by atoms with Gasteiger partial charge < -0.3 is 5.32 Å². The fourth-order valence-electron chi connectivity index (χ4n) is 1.39. The van der Waals surface area contributed by atoms with Gasteiger partial charge in [0.25, 0.3) is 0 Å². The van der Waals surface area contributed by atoms with Crippen LogP contribution in [0.15, 0.2) is 18.6 Å². The molecule has 2 heterocycles. The summed E-state index contributed by atoms with van der Waals surface area (Å²) in [6.45, 7) is 0.995. The quantitative estimate of drug-likeness (QED) is 0.705. The van der Waals surface area contributed by atoms with E-state index in [1.54, 1.807) is 12.5 Å². The maximum absolute atomic E-state index is 4.11. The fraction of sp³-hybridized carbons (Fsp3) is 0.444. The molecule has 0 aromatic carbocycles. The molecule has 2 aromatic heterocycles. The maximum Gasteiger partial charge on any atom is 0.163 e. The molecule has 0 unspecified atom stereocenters. The Morgan fingerprint density at radius 2 is 2.36 bits per heavy atom. The minimum Gasteiger partial charge on any atom is -0.320 e. The summed E-state index contributed by atoms with van der Waals surface area (Å²) < 4.78 is 1.93. The third-order valence-corrected chi connectivity index (χ3v) is 2.11. The number of hydrogen-bond donors (Lipinski definition) is 1. The first-order valence-corrected chi connectivity index (χ1v) is 4.70. The SMILES string of the molecule is CNCCCc1nnc2ccncn12. The van der Waals surface area contributed by atoms with Crippen molar-refractivity contribution in [3.8, 4) is 0 Å². The lowest BCUT2D eigenvalue weighted by molar-refractivity contribution is 0.696. The molecular formula is C9H13N5.